The van der Waals surface area contributed by atoms with Crippen LogP contribution in [0, 0.1) is 0 Å². The second-order valence-electron chi connectivity index (χ2n) is 3.83. The molecule has 1 amide bonds. The van der Waals surface area contributed by atoms with Crippen LogP contribution in [0.2, 0.25) is 0 Å². The van der Waals surface area contributed by atoms with Gasteiger partial charge in [0.25, 0.3) is 6.47 Å². The fraction of sp³-hybridized carbons (Fsp3) is 0.833. The molecule has 0 radical (unpaired) electrons. The van der Waals surface area contributed by atoms with Crippen molar-refractivity contribution >= 4 is 12.4 Å². The van der Waals surface area contributed by atoms with Crippen molar-refractivity contribution < 1.29 is 14.3 Å². The molecule has 0 rings (SSSR count). The second kappa shape index (κ2) is 12.0. The Balaban J connectivity index is 3.12. The molecular formula is C12H23NO3. The first-order chi connectivity index (χ1) is 7.81. The molecule has 0 unspecified atom stereocenters. The maximum atomic E-state index is 11.3. The molecule has 0 bridgehead atoms. The van der Waals surface area contributed by atoms with E-state index in [0.29, 0.717) is 19.5 Å². The smallest absolute Gasteiger partial charge is 0.293 e. The molecule has 16 heavy (non-hydrogen) atoms. The lowest BCUT2D eigenvalue weighted by Gasteiger charge is -2.04. The summed E-state index contributed by atoms with van der Waals surface area (Å²) < 4.78 is 4.56. The van der Waals surface area contributed by atoms with Gasteiger partial charge in [-0.05, 0) is 25.7 Å². The first-order valence-corrected chi connectivity index (χ1v) is 6.13. The minimum Gasteiger partial charge on any atom is -0.468 e. The van der Waals surface area contributed by atoms with Crippen LogP contribution in [-0.2, 0) is 14.3 Å². The van der Waals surface area contributed by atoms with Gasteiger partial charge in [-0.1, -0.05) is 19.8 Å². The van der Waals surface area contributed by atoms with Crippen LogP contribution in [-0.4, -0.2) is 25.5 Å². The average molecular weight is 229 g/mol. The molecule has 1 N–H and O–H groups in total. The monoisotopic (exact) mass is 229 g/mol. The Kier molecular flexibility index (Phi) is 11.2. The van der Waals surface area contributed by atoms with Gasteiger partial charge in [0.1, 0.15) is 0 Å². The highest BCUT2D eigenvalue weighted by Crippen LogP contribution is 1.99. The maximum Gasteiger partial charge on any atom is 0.293 e. The Labute approximate surface area is 97.7 Å². The Morgan fingerprint density at radius 3 is 2.69 bits per heavy atom. The highest BCUT2D eigenvalue weighted by atomic mass is 16.5. The lowest BCUT2D eigenvalue weighted by Crippen LogP contribution is -2.24. The summed E-state index contributed by atoms with van der Waals surface area (Å²) in [5.41, 5.74) is 0. The van der Waals surface area contributed by atoms with Crippen LogP contribution in [0.15, 0.2) is 0 Å². The van der Waals surface area contributed by atoms with Gasteiger partial charge in [0.05, 0.1) is 6.61 Å². The minimum absolute atomic E-state index is 0.151. The molecular weight excluding hydrogens is 206 g/mol. The standard InChI is InChI=1S/C12H23NO3/c1-2-3-5-8-12(15)13-9-6-4-7-10-16-11-14/h11H,2-10H2,1H3,(H,13,15). The van der Waals surface area contributed by atoms with Gasteiger partial charge in [-0.2, -0.15) is 0 Å². The highest BCUT2D eigenvalue weighted by molar-refractivity contribution is 5.75. The molecule has 0 aliphatic heterocycles. The molecule has 0 aliphatic rings. The van der Waals surface area contributed by atoms with Crippen LogP contribution in [0.25, 0.3) is 0 Å². The lowest BCUT2D eigenvalue weighted by molar-refractivity contribution is -0.128. The number of rotatable bonds is 11. The number of amides is 1. The summed E-state index contributed by atoms with van der Waals surface area (Å²) in [6.45, 7) is 3.80. The predicted octanol–water partition coefficient (Wildman–Crippen LogP) is 2.03. The van der Waals surface area contributed by atoms with E-state index in [2.05, 4.69) is 17.0 Å². The van der Waals surface area contributed by atoms with Gasteiger partial charge in [0.15, 0.2) is 0 Å². The molecule has 0 saturated carbocycles. The first kappa shape index (κ1) is 14.9. The van der Waals surface area contributed by atoms with Crippen molar-refractivity contribution in [2.24, 2.45) is 0 Å². The highest BCUT2D eigenvalue weighted by Gasteiger charge is 1.99. The minimum atomic E-state index is 0.151. The van der Waals surface area contributed by atoms with Crippen molar-refractivity contribution in [3.8, 4) is 0 Å². The molecule has 0 aromatic carbocycles. The normalized spacial score (nSPS) is 9.81. The largest absolute Gasteiger partial charge is 0.468 e. The number of hydrogen-bond acceptors (Lipinski definition) is 3. The Morgan fingerprint density at radius 2 is 2.00 bits per heavy atom. The van der Waals surface area contributed by atoms with E-state index in [1.807, 2.05) is 0 Å². The van der Waals surface area contributed by atoms with E-state index in [1.54, 1.807) is 0 Å². The van der Waals surface area contributed by atoms with Gasteiger partial charge < -0.3 is 10.1 Å². The number of hydrogen-bond donors (Lipinski definition) is 1. The number of carbonyl (C=O) groups excluding carboxylic acids is 2. The van der Waals surface area contributed by atoms with Crippen LogP contribution < -0.4 is 5.32 Å². The molecule has 0 aliphatic carbocycles. The third kappa shape index (κ3) is 11.0. The summed E-state index contributed by atoms with van der Waals surface area (Å²) >= 11 is 0. The van der Waals surface area contributed by atoms with Crippen LogP contribution in [0.1, 0.15) is 51.9 Å². The van der Waals surface area contributed by atoms with E-state index in [9.17, 15) is 9.59 Å². The van der Waals surface area contributed by atoms with Crippen molar-refractivity contribution in [1.82, 2.24) is 5.32 Å². The van der Waals surface area contributed by atoms with Gasteiger partial charge >= 0.3 is 0 Å². The summed E-state index contributed by atoms with van der Waals surface area (Å²) in [4.78, 5) is 21.1. The number of nitrogens with one attached hydrogen (secondary N) is 1. The topological polar surface area (TPSA) is 55.4 Å². The molecule has 0 heterocycles. The van der Waals surface area contributed by atoms with Crippen molar-refractivity contribution in [3.05, 3.63) is 0 Å². The van der Waals surface area contributed by atoms with E-state index in [4.69, 9.17) is 0 Å². The van der Waals surface area contributed by atoms with Crippen LogP contribution in [0.3, 0.4) is 0 Å². The quantitative estimate of drug-likeness (QED) is 0.435. The van der Waals surface area contributed by atoms with Crippen molar-refractivity contribution in [3.63, 3.8) is 0 Å². The number of unbranched alkanes of at least 4 members (excludes halogenated alkanes) is 4. The van der Waals surface area contributed by atoms with E-state index < -0.39 is 0 Å². The summed E-state index contributed by atoms with van der Waals surface area (Å²) in [6, 6.07) is 0. The summed E-state index contributed by atoms with van der Waals surface area (Å²) in [6.07, 6.45) is 6.67. The van der Waals surface area contributed by atoms with Gasteiger partial charge in [-0.25, -0.2) is 0 Å². The summed E-state index contributed by atoms with van der Waals surface area (Å²) in [7, 11) is 0. The molecule has 0 saturated heterocycles. The Bertz CT molecular complexity index is 183. The molecule has 0 aromatic rings. The predicted molar refractivity (Wildman–Crippen MR) is 63.0 cm³/mol. The third-order valence-corrected chi connectivity index (χ3v) is 2.34. The molecule has 4 nitrogen and oxygen atoms in total. The van der Waals surface area contributed by atoms with Crippen LogP contribution in [0.5, 0.6) is 0 Å². The van der Waals surface area contributed by atoms with Crippen LogP contribution >= 0.6 is 0 Å². The van der Waals surface area contributed by atoms with E-state index >= 15 is 0 Å². The van der Waals surface area contributed by atoms with Gasteiger partial charge in [-0.15, -0.1) is 0 Å². The van der Waals surface area contributed by atoms with E-state index in [0.717, 1.165) is 45.1 Å². The molecule has 0 aromatic heterocycles. The summed E-state index contributed by atoms with van der Waals surface area (Å²) in [5, 5.41) is 2.88. The van der Waals surface area contributed by atoms with Gasteiger partial charge in [-0.3, -0.25) is 9.59 Å². The zero-order valence-electron chi connectivity index (χ0n) is 10.2. The van der Waals surface area contributed by atoms with Crippen molar-refractivity contribution in [1.29, 1.82) is 0 Å². The molecule has 94 valence electrons. The lowest BCUT2D eigenvalue weighted by atomic mass is 10.2. The van der Waals surface area contributed by atoms with Crippen molar-refractivity contribution in [2.45, 2.75) is 51.9 Å². The van der Waals surface area contributed by atoms with Crippen LogP contribution in [0.4, 0.5) is 0 Å². The maximum absolute atomic E-state index is 11.3. The zero-order valence-corrected chi connectivity index (χ0v) is 10.2. The number of carbonyl (C=O) groups is 2. The first-order valence-electron chi connectivity index (χ1n) is 6.13. The SMILES string of the molecule is CCCCCC(=O)NCCCCCOC=O. The number of ether oxygens (including phenoxy) is 1. The third-order valence-electron chi connectivity index (χ3n) is 2.34. The fourth-order valence-corrected chi connectivity index (χ4v) is 1.39. The Morgan fingerprint density at radius 1 is 1.19 bits per heavy atom. The molecule has 0 spiro atoms. The second-order valence-corrected chi connectivity index (χ2v) is 3.83. The van der Waals surface area contributed by atoms with Crippen molar-refractivity contribution in [2.75, 3.05) is 13.2 Å². The Hall–Kier alpha value is -1.06. The molecule has 4 heteroatoms. The van der Waals surface area contributed by atoms with Gasteiger partial charge in [0.2, 0.25) is 5.91 Å². The molecule has 0 atom stereocenters. The summed E-state index contributed by atoms with van der Waals surface area (Å²) in [5.74, 6) is 0.151. The van der Waals surface area contributed by atoms with E-state index in [-0.39, 0.29) is 5.91 Å². The van der Waals surface area contributed by atoms with Gasteiger partial charge in [0, 0.05) is 13.0 Å². The zero-order chi connectivity index (χ0) is 12.1. The van der Waals surface area contributed by atoms with E-state index in [1.165, 1.54) is 0 Å². The molecule has 0 fully saturated rings. The fourth-order valence-electron chi connectivity index (χ4n) is 1.39. The average Bonchev–Trinajstić information content (AvgIpc) is 2.28.